The van der Waals surface area contributed by atoms with Crippen LogP contribution in [0, 0.1) is 0 Å². The van der Waals surface area contributed by atoms with Crippen LogP contribution in [0.15, 0.2) is 40.2 Å². The van der Waals surface area contributed by atoms with Crippen molar-refractivity contribution in [2.24, 2.45) is 0 Å². The van der Waals surface area contributed by atoms with Crippen molar-refractivity contribution in [2.45, 2.75) is 11.9 Å². The molecule has 4 heteroatoms. The summed E-state index contributed by atoms with van der Waals surface area (Å²) in [6, 6.07) is 10.7. The zero-order valence-corrected chi connectivity index (χ0v) is 13.5. The number of alkyl halides is 1. The molecule has 0 unspecified atom stereocenters. The maximum absolute atomic E-state index is 3.54. The van der Waals surface area contributed by atoms with E-state index in [4.69, 9.17) is 0 Å². The normalized spacial score (nSPS) is 10.5. The second kappa shape index (κ2) is 6.03. The zero-order chi connectivity index (χ0) is 12.3. The van der Waals surface area contributed by atoms with Crippen LogP contribution in [0.25, 0.3) is 0 Å². The molecule has 0 radical (unpaired) electrons. The predicted molar refractivity (Wildman–Crippen MR) is 83.2 cm³/mol. The Balaban J connectivity index is 2.21. The third-order valence-electron chi connectivity index (χ3n) is 2.57. The van der Waals surface area contributed by atoms with Gasteiger partial charge in [0.25, 0.3) is 0 Å². The van der Waals surface area contributed by atoms with Crippen molar-refractivity contribution < 1.29 is 0 Å². The highest BCUT2D eigenvalue weighted by Gasteiger charge is 2.08. The van der Waals surface area contributed by atoms with Gasteiger partial charge in [0, 0.05) is 27.4 Å². The van der Waals surface area contributed by atoms with E-state index in [0.717, 1.165) is 16.3 Å². The summed E-state index contributed by atoms with van der Waals surface area (Å²) in [6.07, 6.45) is 0. The fourth-order valence-corrected chi connectivity index (χ4v) is 3.37. The van der Waals surface area contributed by atoms with E-state index in [0.29, 0.717) is 0 Å². The number of anilines is 1. The molecule has 0 aliphatic carbocycles. The third kappa shape index (κ3) is 3.33. The second-order valence-corrected chi connectivity index (χ2v) is 6.35. The number of hydrogen-bond donors (Lipinski definition) is 0. The molecule has 17 heavy (non-hydrogen) atoms. The first-order valence-electron chi connectivity index (χ1n) is 5.28. The largest absolute Gasteiger partial charge is 0.369 e. The van der Waals surface area contributed by atoms with Gasteiger partial charge in [-0.2, -0.15) is 0 Å². The van der Waals surface area contributed by atoms with E-state index in [9.17, 15) is 0 Å². The Hall–Kier alpha value is -0.320. The summed E-state index contributed by atoms with van der Waals surface area (Å²) in [5, 5.41) is 2.99. The minimum Gasteiger partial charge on any atom is -0.369 e. The number of nitrogens with zero attached hydrogens (tertiary/aromatic N) is 1. The Morgan fingerprint density at radius 2 is 2.12 bits per heavy atom. The molecule has 1 heterocycles. The maximum Gasteiger partial charge on any atom is 0.0519 e. The Labute approximate surface area is 123 Å². The van der Waals surface area contributed by atoms with Gasteiger partial charge < -0.3 is 4.90 Å². The van der Waals surface area contributed by atoms with Crippen LogP contribution < -0.4 is 4.90 Å². The van der Waals surface area contributed by atoms with Gasteiger partial charge in [-0.3, -0.25) is 0 Å². The van der Waals surface area contributed by atoms with Crippen LogP contribution in [0.2, 0.25) is 0 Å². The van der Waals surface area contributed by atoms with Gasteiger partial charge in [-0.25, -0.2) is 0 Å². The van der Waals surface area contributed by atoms with E-state index >= 15 is 0 Å². The van der Waals surface area contributed by atoms with Crippen molar-refractivity contribution in [2.75, 3.05) is 11.9 Å². The fraction of sp³-hybridized carbons (Fsp3) is 0.231. The van der Waals surface area contributed by atoms with Gasteiger partial charge in [0.2, 0.25) is 0 Å². The molecule has 0 saturated carbocycles. The lowest BCUT2D eigenvalue weighted by Crippen LogP contribution is -2.17. The minimum atomic E-state index is 0.872. The average molecular weight is 375 g/mol. The molecule has 90 valence electrons. The van der Waals surface area contributed by atoms with Crippen molar-refractivity contribution >= 4 is 48.9 Å². The van der Waals surface area contributed by atoms with Gasteiger partial charge in [0.15, 0.2) is 0 Å². The monoisotopic (exact) mass is 373 g/mol. The van der Waals surface area contributed by atoms with E-state index in [1.54, 1.807) is 11.3 Å². The summed E-state index contributed by atoms with van der Waals surface area (Å²) in [5.74, 6) is 0. The molecule has 1 aromatic heterocycles. The average Bonchev–Trinajstić information content (AvgIpc) is 2.81. The molecule has 0 aliphatic heterocycles. The highest BCUT2D eigenvalue weighted by Crippen LogP contribution is 2.27. The lowest BCUT2D eigenvalue weighted by molar-refractivity contribution is 0.933. The summed E-state index contributed by atoms with van der Waals surface area (Å²) < 4.78 is 1.13. The van der Waals surface area contributed by atoms with E-state index in [2.05, 4.69) is 79.5 Å². The topological polar surface area (TPSA) is 3.24 Å². The van der Waals surface area contributed by atoms with Crippen molar-refractivity contribution in [3.63, 3.8) is 0 Å². The first kappa shape index (κ1) is 13.1. The number of halogens is 2. The molecule has 0 bridgehead atoms. The van der Waals surface area contributed by atoms with Gasteiger partial charge in [0.1, 0.15) is 0 Å². The van der Waals surface area contributed by atoms with Crippen molar-refractivity contribution in [3.8, 4) is 0 Å². The van der Waals surface area contributed by atoms with E-state index in [1.807, 2.05) is 0 Å². The summed E-state index contributed by atoms with van der Waals surface area (Å²) in [6.45, 7) is 0.958. The van der Waals surface area contributed by atoms with E-state index in [1.165, 1.54) is 16.1 Å². The molecular formula is C13H13Br2NS. The quantitative estimate of drug-likeness (QED) is 0.677. The highest BCUT2D eigenvalue weighted by molar-refractivity contribution is 9.10. The number of benzene rings is 1. The molecular weight excluding hydrogens is 362 g/mol. The van der Waals surface area contributed by atoms with E-state index in [-0.39, 0.29) is 0 Å². The molecule has 2 rings (SSSR count). The SMILES string of the molecule is CN(Cc1cccs1)c1ccc(Br)cc1CBr. The minimum absolute atomic E-state index is 0.872. The van der Waals surface area contributed by atoms with Crippen LogP contribution in [0.1, 0.15) is 10.4 Å². The third-order valence-corrected chi connectivity index (χ3v) is 4.53. The molecule has 1 aromatic carbocycles. The standard InChI is InChI=1S/C13H13Br2NS/c1-16(9-12-3-2-6-17-12)13-5-4-11(15)7-10(13)8-14/h2-7H,8-9H2,1H3. The van der Waals surface area contributed by atoms with Gasteiger partial charge in [0.05, 0.1) is 6.54 Å². The van der Waals surface area contributed by atoms with Crippen LogP contribution in [-0.4, -0.2) is 7.05 Å². The van der Waals surface area contributed by atoms with Crippen LogP contribution in [0.5, 0.6) is 0 Å². The van der Waals surface area contributed by atoms with Crippen LogP contribution in [0.3, 0.4) is 0 Å². The first-order valence-corrected chi connectivity index (χ1v) is 8.08. The Kier molecular flexibility index (Phi) is 4.65. The van der Waals surface area contributed by atoms with Crippen LogP contribution in [0.4, 0.5) is 5.69 Å². The van der Waals surface area contributed by atoms with Gasteiger partial charge in [-0.05, 0) is 35.2 Å². The fourth-order valence-electron chi connectivity index (χ4n) is 1.75. The second-order valence-electron chi connectivity index (χ2n) is 3.84. The van der Waals surface area contributed by atoms with Crippen LogP contribution >= 0.6 is 43.2 Å². The van der Waals surface area contributed by atoms with Crippen molar-refractivity contribution in [1.82, 2.24) is 0 Å². The van der Waals surface area contributed by atoms with Crippen molar-refractivity contribution in [1.29, 1.82) is 0 Å². The lowest BCUT2D eigenvalue weighted by Gasteiger charge is -2.21. The summed E-state index contributed by atoms with van der Waals surface area (Å²) in [4.78, 5) is 3.67. The first-order chi connectivity index (χ1) is 8.20. The molecule has 0 spiro atoms. The number of thiophene rings is 1. The zero-order valence-electron chi connectivity index (χ0n) is 9.49. The molecule has 0 saturated heterocycles. The molecule has 0 aliphatic rings. The Bertz CT molecular complexity index is 482. The molecule has 0 fully saturated rings. The summed E-state index contributed by atoms with van der Waals surface area (Å²) in [7, 11) is 2.13. The lowest BCUT2D eigenvalue weighted by atomic mass is 10.2. The highest BCUT2D eigenvalue weighted by atomic mass is 79.9. The predicted octanol–water partition coefficient (Wildman–Crippen LogP) is 5.04. The number of rotatable bonds is 4. The Morgan fingerprint density at radius 3 is 2.76 bits per heavy atom. The van der Waals surface area contributed by atoms with Crippen molar-refractivity contribution in [3.05, 3.63) is 50.6 Å². The van der Waals surface area contributed by atoms with Gasteiger partial charge in [-0.15, -0.1) is 11.3 Å². The molecule has 2 aromatic rings. The Morgan fingerprint density at radius 1 is 1.29 bits per heavy atom. The molecule has 0 N–H and O–H groups in total. The molecule has 0 atom stereocenters. The molecule has 0 amide bonds. The van der Waals surface area contributed by atoms with Crippen LogP contribution in [-0.2, 0) is 11.9 Å². The van der Waals surface area contributed by atoms with Gasteiger partial charge >= 0.3 is 0 Å². The maximum atomic E-state index is 3.54. The molecule has 1 nitrogen and oxygen atoms in total. The summed E-state index contributed by atoms with van der Waals surface area (Å²) >= 11 is 8.85. The summed E-state index contributed by atoms with van der Waals surface area (Å²) in [5.41, 5.74) is 2.58. The smallest absolute Gasteiger partial charge is 0.0519 e. The van der Waals surface area contributed by atoms with Gasteiger partial charge in [-0.1, -0.05) is 37.9 Å². The number of hydrogen-bond acceptors (Lipinski definition) is 2. The van der Waals surface area contributed by atoms with E-state index < -0.39 is 0 Å².